The molecule has 0 fully saturated rings. The maximum absolute atomic E-state index is 11.6. The van der Waals surface area contributed by atoms with E-state index in [0.717, 1.165) is 5.56 Å². The lowest BCUT2D eigenvalue weighted by Crippen LogP contribution is -2.38. The average Bonchev–Trinajstić information content (AvgIpc) is 2.15. The lowest BCUT2D eigenvalue weighted by atomic mass is 9.91. The van der Waals surface area contributed by atoms with Gasteiger partial charge in [0.05, 0.1) is 0 Å². The fourth-order valence-electron chi connectivity index (χ4n) is 1.44. The minimum atomic E-state index is -0.671. The van der Waals surface area contributed by atoms with E-state index in [1.165, 1.54) is 0 Å². The fraction of sp³-hybridized carbons (Fsp3) is 0.100. The number of nitrogens with two attached hydrogens (primary N) is 2. The van der Waals surface area contributed by atoms with E-state index in [4.69, 9.17) is 11.5 Å². The van der Waals surface area contributed by atoms with Crippen LogP contribution < -0.4 is 11.5 Å². The zero-order valence-corrected chi connectivity index (χ0v) is 7.03. The maximum atomic E-state index is 11.6. The highest BCUT2D eigenvalue weighted by Crippen LogP contribution is 2.20. The van der Waals surface area contributed by atoms with Crippen LogP contribution in [0.15, 0.2) is 30.0 Å². The van der Waals surface area contributed by atoms with Gasteiger partial charge >= 0.3 is 0 Å². The van der Waals surface area contributed by atoms with E-state index in [0.29, 0.717) is 11.3 Å². The van der Waals surface area contributed by atoms with E-state index in [-0.39, 0.29) is 5.78 Å². The van der Waals surface area contributed by atoms with Crippen LogP contribution in [0.4, 0.5) is 0 Å². The summed E-state index contributed by atoms with van der Waals surface area (Å²) in [4.78, 5) is 11.6. The van der Waals surface area contributed by atoms with Crippen molar-refractivity contribution in [1.82, 2.24) is 0 Å². The number of Topliss-reactive ketones (excluding diaryl/α,β-unsaturated/α-hetero) is 1. The summed E-state index contributed by atoms with van der Waals surface area (Å²) < 4.78 is 0. The summed E-state index contributed by atoms with van der Waals surface area (Å²) in [5.74, 6) is -0.101. The van der Waals surface area contributed by atoms with Crippen molar-refractivity contribution in [1.29, 1.82) is 0 Å². The highest BCUT2D eigenvalue weighted by molar-refractivity contribution is 6.07. The summed E-state index contributed by atoms with van der Waals surface area (Å²) in [5.41, 5.74) is 13.1. The van der Waals surface area contributed by atoms with E-state index in [2.05, 4.69) is 0 Å². The van der Waals surface area contributed by atoms with Gasteiger partial charge in [0.1, 0.15) is 6.04 Å². The Kier molecular flexibility index (Phi) is 1.67. The van der Waals surface area contributed by atoms with Crippen LogP contribution >= 0.6 is 0 Å². The topological polar surface area (TPSA) is 69.1 Å². The lowest BCUT2D eigenvalue weighted by Gasteiger charge is -2.18. The number of carbonyl (C=O) groups is 1. The number of ketones is 1. The maximum Gasteiger partial charge on any atom is 0.186 e. The van der Waals surface area contributed by atoms with Crippen molar-refractivity contribution < 1.29 is 4.79 Å². The van der Waals surface area contributed by atoms with Crippen LogP contribution in [-0.2, 0) is 0 Å². The number of carbonyl (C=O) groups excluding carboxylic acids is 1. The molecule has 0 bridgehead atoms. The molecule has 0 spiro atoms. The third kappa shape index (κ3) is 1.13. The Labute approximate surface area is 76.0 Å². The molecule has 0 saturated carbocycles. The van der Waals surface area contributed by atoms with Crippen molar-refractivity contribution in [3.63, 3.8) is 0 Å². The van der Waals surface area contributed by atoms with Gasteiger partial charge in [-0.2, -0.15) is 0 Å². The molecule has 0 aromatic heterocycles. The highest BCUT2D eigenvalue weighted by atomic mass is 16.1. The second-order valence-electron chi connectivity index (χ2n) is 3.07. The molecule has 4 N–H and O–H groups in total. The first-order chi connectivity index (χ1) is 6.20. The van der Waals surface area contributed by atoms with Crippen LogP contribution in [0.25, 0.3) is 6.08 Å². The van der Waals surface area contributed by atoms with Crippen LogP contribution in [0.1, 0.15) is 15.9 Å². The third-order valence-electron chi connectivity index (χ3n) is 2.19. The highest BCUT2D eigenvalue weighted by Gasteiger charge is 2.24. The second-order valence-corrected chi connectivity index (χ2v) is 3.07. The van der Waals surface area contributed by atoms with Crippen LogP contribution in [0, 0.1) is 0 Å². The summed E-state index contributed by atoms with van der Waals surface area (Å²) in [6.07, 6.45) is 1.75. The van der Waals surface area contributed by atoms with Gasteiger partial charge in [-0.25, -0.2) is 0 Å². The van der Waals surface area contributed by atoms with Crippen molar-refractivity contribution in [2.24, 2.45) is 11.5 Å². The molecule has 3 heteroatoms. The van der Waals surface area contributed by atoms with Crippen molar-refractivity contribution in [3.05, 3.63) is 41.1 Å². The molecule has 1 aromatic rings. The summed E-state index contributed by atoms with van der Waals surface area (Å²) in [6, 6.07) is 6.63. The fourth-order valence-corrected chi connectivity index (χ4v) is 1.44. The van der Waals surface area contributed by atoms with Gasteiger partial charge in [0, 0.05) is 11.3 Å². The van der Waals surface area contributed by atoms with Crippen molar-refractivity contribution in [3.8, 4) is 0 Å². The first-order valence-corrected chi connectivity index (χ1v) is 4.06. The Hall–Kier alpha value is -1.61. The molecule has 0 radical (unpaired) electrons. The van der Waals surface area contributed by atoms with Gasteiger partial charge in [-0.1, -0.05) is 24.3 Å². The molecule has 2 rings (SSSR count). The molecule has 1 aliphatic rings. The van der Waals surface area contributed by atoms with Crippen molar-refractivity contribution in [2.75, 3.05) is 0 Å². The summed E-state index contributed by atoms with van der Waals surface area (Å²) in [6.45, 7) is 0. The normalized spacial score (nSPS) is 20.8. The SMILES string of the molecule is NC1=Cc2ccccc2C(=O)C1N. The van der Waals surface area contributed by atoms with Crippen molar-refractivity contribution in [2.45, 2.75) is 6.04 Å². The average molecular weight is 174 g/mol. The van der Waals surface area contributed by atoms with Crippen molar-refractivity contribution >= 4 is 11.9 Å². The first-order valence-electron chi connectivity index (χ1n) is 4.06. The molecule has 0 saturated heterocycles. The molecule has 0 aliphatic heterocycles. The number of hydrogen-bond donors (Lipinski definition) is 2. The predicted molar refractivity (Wildman–Crippen MR) is 50.9 cm³/mol. The van der Waals surface area contributed by atoms with Gasteiger partial charge in [0.25, 0.3) is 0 Å². The quantitative estimate of drug-likeness (QED) is 0.602. The molecule has 1 aliphatic carbocycles. The zero-order chi connectivity index (χ0) is 9.42. The van der Waals surface area contributed by atoms with Gasteiger partial charge in [-0.15, -0.1) is 0 Å². The zero-order valence-electron chi connectivity index (χ0n) is 7.03. The van der Waals surface area contributed by atoms with Crippen LogP contribution in [0.2, 0.25) is 0 Å². The summed E-state index contributed by atoms with van der Waals surface area (Å²) >= 11 is 0. The van der Waals surface area contributed by atoms with E-state index < -0.39 is 6.04 Å². The van der Waals surface area contributed by atoms with Gasteiger partial charge in [0.15, 0.2) is 5.78 Å². The molecule has 1 atom stereocenters. The summed E-state index contributed by atoms with van der Waals surface area (Å²) in [7, 11) is 0. The molecule has 1 unspecified atom stereocenters. The predicted octanol–water partition coefficient (Wildman–Crippen LogP) is 0.510. The molecule has 0 heterocycles. The standard InChI is InChI=1S/C10H10N2O/c11-8-5-6-3-1-2-4-7(6)10(13)9(8)12/h1-5,9H,11-12H2. The van der Waals surface area contributed by atoms with Crippen LogP contribution in [0.5, 0.6) is 0 Å². The molecular weight excluding hydrogens is 164 g/mol. The van der Waals surface area contributed by atoms with Crippen LogP contribution in [-0.4, -0.2) is 11.8 Å². The van der Waals surface area contributed by atoms with Gasteiger partial charge in [0.2, 0.25) is 0 Å². The Morgan fingerprint density at radius 3 is 2.69 bits per heavy atom. The molecule has 0 amide bonds. The largest absolute Gasteiger partial charge is 0.400 e. The Morgan fingerprint density at radius 2 is 1.92 bits per heavy atom. The summed E-state index contributed by atoms with van der Waals surface area (Å²) in [5, 5.41) is 0. The second kappa shape index (κ2) is 2.71. The van der Waals surface area contributed by atoms with Crippen LogP contribution in [0.3, 0.4) is 0 Å². The molecular formula is C10H10N2O. The first kappa shape index (κ1) is 8.01. The number of rotatable bonds is 0. The third-order valence-corrected chi connectivity index (χ3v) is 2.19. The Balaban J connectivity index is 2.63. The molecule has 13 heavy (non-hydrogen) atoms. The van der Waals surface area contributed by atoms with E-state index in [1.54, 1.807) is 12.1 Å². The number of hydrogen-bond acceptors (Lipinski definition) is 3. The lowest BCUT2D eigenvalue weighted by molar-refractivity contribution is 0.0972. The number of benzene rings is 1. The minimum Gasteiger partial charge on any atom is -0.400 e. The van der Waals surface area contributed by atoms with E-state index >= 15 is 0 Å². The minimum absolute atomic E-state index is 0.101. The Morgan fingerprint density at radius 1 is 1.23 bits per heavy atom. The molecule has 66 valence electrons. The van der Waals surface area contributed by atoms with Gasteiger partial charge < -0.3 is 11.5 Å². The smallest absolute Gasteiger partial charge is 0.186 e. The number of fused-ring (bicyclic) bond motifs is 1. The Bertz CT molecular complexity index is 396. The molecule has 3 nitrogen and oxygen atoms in total. The van der Waals surface area contributed by atoms with E-state index in [9.17, 15) is 4.79 Å². The van der Waals surface area contributed by atoms with Gasteiger partial charge in [-0.05, 0) is 11.6 Å². The molecule has 1 aromatic carbocycles. The van der Waals surface area contributed by atoms with Gasteiger partial charge in [-0.3, -0.25) is 4.79 Å². The van der Waals surface area contributed by atoms with E-state index in [1.807, 2.05) is 18.2 Å². The monoisotopic (exact) mass is 174 g/mol.